The van der Waals surface area contributed by atoms with Crippen LogP contribution in [0.15, 0.2) is 0 Å². The quantitative estimate of drug-likeness (QED) is 0.237. The van der Waals surface area contributed by atoms with Crippen LogP contribution in [0, 0.1) is 0 Å². The monoisotopic (exact) mass is 395 g/mol. The van der Waals surface area contributed by atoms with Crippen molar-refractivity contribution in [3.63, 3.8) is 0 Å². The highest BCUT2D eigenvalue weighted by Gasteiger charge is 2.12. The Morgan fingerprint density at radius 2 is 0.704 bits per heavy atom. The minimum atomic E-state index is -0.131. The number of nitrogens with two attached hydrogens (primary N) is 5. The summed E-state index contributed by atoms with van der Waals surface area (Å²) in [7, 11) is 0. The van der Waals surface area contributed by atoms with Gasteiger partial charge in [-0.25, -0.2) is 0 Å². The van der Waals surface area contributed by atoms with Crippen molar-refractivity contribution in [3.8, 4) is 0 Å². The van der Waals surface area contributed by atoms with Crippen molar-refractivity contribution in [1.29, 1.82) is 0 Å². The normalized spacial score (nSPS) is 18.0. The molecule has 0 aliphatic carbocycles. The SMILES string of the molecule is CC(N)COCC(C)N.CC(N)COCC(COCC(C)N)OCC(C)N. The van der Waals surface area contributed by atoms with Crippen LogP contribution in [0.1, 0.15) is 34.6 Å². The fourth-order valence-electron chi connectivity index (χ4n) is 1.64. The Balaban J connectivity index is 0. The van der Waals surface area contributed by atoms with Gasteiger partial charge < -0.3 is 47.6 Å². The molecule has 0 aliphatic heterocycles. The maximum absolute atomic E-state index is 5.65. The maximum Gasteiger partial charge on any atom is 0.104 e. The van der Waals surface area contributed by atoms with Crippen molar-refractivity contribution in [1.82, 2.24) is 0 Å². The fourth-order valence-corrected chi connectivity index (χ4v) is 1.64. The van der Waals surface area contributed by atoms with Gasteiger partial charge in [0.15, 0.2) is 0 Å². The molecule has 9 nitrogen and oxygen atoms in total. The van der Waals surface area contributed by atoms with E-state index in [0.29, 0.717) is 46.2 Å². The molecule has 10 N–H and O–H groups in total. The highest BCUT2D eigenvalue weighted by Crippen LogP contribution is 1.98. The van der Waals surface area contributed by atoms with Crippen LogP contribution in [0.5, 0.6) is 0 Å². The standard InChI is InChI=1S/C12H29N3O3.C6H16N2O/c1-9(13)4-16-7-12(18-6-11(3)15)8-17-5-10(2)14;1-5(7)3-9-4-6(2)8/h9-12H,4-8,13-15H2,1-3H3;5-6H,3-4,7-8H2,1-2H3. The van der Waals surface area contributed by atoms with Crippen LogP contribution in [0.4, 0.5) is 0 Å². The van der Waals surface area contributed by atoms with Gasteiger partial charge in [0.25, 0.3) is 0 Å². The van der Waals surface area contributed by atoms with E-state index in [2.05, 4.69) is 0 Å². The lowest BCUT2D eigenvalue weighted by atomic mass is 10.3. The molecule has 0 aliphatic rings. The molecule has 0 fully saturated rings. The van der Waals surface area contributed by atoms with E-state index in [1.807, 2.05) is 34.6 Å². The van der Waals surface area contributed by atoms with E-state index in [1.165, 1.54) is 0 Å². The lowest BCUT2D eigenvalue weighted by molar-refractivity contribution is -0.0644. The molecule has 166 valence electrons. The Hall–Kier alpha value is -0.360. The van der Waals surface area contributed by atoms with Gasteiger partial charge >= 0.3 is 0 Å². The molecule has 0 radical (unpaired) electrons. The van der Waals surface area contributed by atoms with E-state index in [1.54, 1.807) is 0 Å². The molecule has 0 aromatic rings. The first-order valence-electron chi connectivity index (χ1n) is 9.67. The first-order chi connectivity index (χ1) is 12.5. The summed E-state index contributed by atoms with van der Waals surface area (Å²) in [6, 6.07) is 0.259. The fraction of sp³-hybridized carbons (Fsp3) is 1.00. The number of hydrogen-bond donors (Lipinski definition) is 5. The van der Waals surface area contributed by atoms with E-state index in [4.69, 9.17) is 47.6 Å². The molecule has 27 heavy (non-hydrogen) atoms. The minimum Gasteiger partial charge on any atom is -0.378 e. The molecule has 5 atom stereocenters. The second kappa shape index (κ2) is 19.0. The predicted molar refractivity (Wildman–Crippen MR) is 110 cm³/mol. The van der Waals surface area contributed by atoms with Gasteiger partial charge in [-0.2, -0.15) is 0 Å². The van der Waals surface area contributed by atoms with Crippen molar-refractivity contribution in [2.45, 2.75) is 70.9 Å². The van der Waals surface area contributed by atoms with Crippen LogP contribution in [0.2, 0.25) is 0 Å². The van der Waals surface area contributed by atoms with Crippen LogP contribution in [-0.4, -0.2) is 82.6 Å². The summed E-state index contributed by atoms with van der Waals surface area (Å²) in [6.45, 7) is 13.1. The van der Waals surface area contributed by atoms with E-state index < -0.39 is 0 Å². The van der Waals surface area contributed by atoms with Crippen molar-refractivity contribution in [2.75, 3.05) is 46.2 Å². The van der Waals surface area contributed by atoms with E-state index in [-0.39, 0.29) is 36.3 Å². The molecular formula is C18H45N5O4. The molecule has 0 amide bonds. The van der Waals surface area contributed by atoms with Gasteiger partial charge in [0.2, 0.25) is 0 Å². The topological polar surface area (TPSA) is 167 Å². The Morgan fingerprint density at radius 3 is 0.963 bits per heavy atom. The summed E-state index contributed by atoms with van der Waals surface area (Å²) in [5.74, 6) is 0. The van der Waals surface area contributed by atoms with Crippen molar-refractivity contribution in [2.24, 2.45) is 28.7 Å². The lowest BCUT2D eigenvalue weighted by Gasteiger charge is -2.20. The van der Waals surface area contributed by atoms with Crippen molar-refractivity contribution >= 4 is 0 Å². The number of rotatable bonds is 15. The average Bonchev–Trinajstić information content (AvgIpc) is 2.51. The lowest BCUT2D eigenvalue weighted by Crippen LogP contribution is -2.34. The first kappa shape index (κ1) is 28.8. The molecule has 5 unspecified atom stereocenters. The summed E-state index contributed by atoms with van der Waals surface area (Å²) in [5, 5.41) is 0. The molecule has 0 saturated carbocycles. The van der Waals surface area contributed by atoms with Crippen LogP contribution < -0.4 is 28.7 Å². The van der Waals surface area contributed by atoms with Crippen molar-refractivity contribution in [3.05, 3.63) is 0 Å². The van der Waals surface area contributed by atoms with Crippen LogP contribution in [0.25, 0.3) is 0 Å². The predicted octanol–water partition coefficient (Wildman–Crippen LogP) is -0.856. The molecule has 0 bridgehead atoms. The summed E-state index contributed by atoms with van der Waals surface area (Å²) in [6.07, 6.45) is -0.131. The highest BCUT2D eigenvalue weighted by atomic mass is 16.6. The third kappa shape index (κ3) is 28.0. The Labute approximate surface area is 165 Å². The van der Waals surface area contributed by atoms with E-state index in [9.17, 15) is 0 Å². The molecule has 0 spiro atoms. The Bertz CT molecular complexity index is 283. The van der Waals surface area contributed by atoms with Gasteiger partial charge in [-0.15, -0.1) is 0 Å². The van der Waals surface area contributed by atoms with Gasteiger partial charge in [0.1, 0.15) is 6.10 Å². The molecule has 0 aromatic carbocycles. The number of ether oxygens (including phenoxy) is 4. The second-order valence-corrected chi connectivity index (χ2v) is 7.45. The van der Waals surface area contributed by atoms with Gasteiger partial charge in [0.05, 0.1) is 46.2 Å². The van der Waals surface area contributed by atoms with Gasteiger partial charge in [-0.1, -0.05) is 0 Å². The summed E-state index contributed by atoms with van der Waals surface area (Å²) in [4.78, 5) is 0. The van der Waals surface area contributed by atoms with E-state index >= 15 is 0 Å². The third-order valence-corrected chi connectivity index (χ3v) is 2.73. The largest absolute Gasteiger partial charge is 0.378 e. The van der Waals surface area contributed by atoms with Crippen LogP contribution >= 0.6 is 0 Å². The Morgan fingerprint density at radius 1 is 0.444 bits per heavy atom. The zero-order valence-corrected chi connectivity index (χ0v) is 17.9. The smallest absolute Gasteiger partial charge is 0.104 e. The van der Waals surface area contributed by atoms with Crippen molar-refractivity contribution < 1.29 is 18.9 Å². The average molecular weight is 396 g/mol. The third-order valence-electron chi connectivity index (χ3n) is 2.73. The molecule has 0 saturated heterocycles. The molecular weight excluding hydrogens is 350 g/mol. The Kier molecular flexibility index (Phi) is 20.3. The zero-order chi connectivity index (χ0) is 21.2. The summed E-state index contributed by atoms with van der Waals surface area (Å²) < 4.78 is 21.6. The van der Waals surface area contributed by atoms with Gasteiger partial charge in [-0.3, -0.25) is 0 Å². The minimum absolute atomic E-state index is 0.00522. The first-order valence-corrected chi connectivity index (χ1v) is 9.67. The van der Waals surface area contributed by atoms with Gasteiger partial charge in [-0.05, 0) is 34.6 Å². The number of hydrogen-bond acceptors (Lipinski definition) is 9. The molecule has 9 heteroatoms. The second-order valence-electron chi connectivity index (χ2n) is 7.45. The van der Waals surface area contributed by atoms with Gasteiger partial charge in [0, 0.05) is 30.2 Å². The van der Waals surface area contributed by atoms with Crippen LogP contribution in [0.3, 0.4) is 0 Å². The van der Waals surface area contributed by atoms with Crippen LogP contribution in [-0.2, 0) is 18.9 Å². The summed E-state index contributed by atoms with van der Waals surface area (Å²) >= 11 is 0. The molecule has 0 heterocycles. The molecule has 0 aromatic heterocycles. The van der Waals surface area contributed by atoms with E-state index in [0.717, 1.165) is 0 Å². The maximum atomic E-state index is 5.65. The summed E-state index contributed by atoms with van der Waals surface area (Å²) in [5.41, 5.74) is 27.7. The zero-order valence-electron chi connectivity index (χ0n) is 17.9. The highest BCUT2D eigenvalue weighted by molar-refractivity contribution is 4.61. The molecule has 0 rings (SSSR count).